The Morgan fingerprint density at radius 1 is 1.38 bits per heavy atom. The van der Waals surface area contributed by atoms with Gasteiger partial charge in [-0.2, -0.15) is 0 Å². The van der Waals surface area contributed by atoms with Crippen LogP contribution < -0.4 is 5.32 Å². The molecule has 4 nitrogen and oxygen atoms in total. The summed E-state index contributed by atoms with van der Waals surface area (Å²) in [5.41, 5.74) is 1.27. The molecule has 1 aromatic carbocycles. The number of ether oxygens (including phenoxy) is 1. The molecule has 1 N–H and O–H groups in total. The van der Waals surface area contributed by atoms with Crippen LogP contribution in [-0.4, -0.2) is 19.0 Å². The molecule has 7 heteroatoms. The van der Waals surface area contributed by atoms with Gasteiger partial charge in [-0.3, -0.25) is 4.79 Å². The van der Waals surface area contributed by atoms with Crippen LogP contribution in [0.2, 0.25) is 0 Å². The third kappa shape index (κ3) is 3.30. The normalized spacial score (nSPS) is 10.3. The fraction of sp³-hybridized carbons (Fsp3) is 0.143. The van der Waals surface area contributed by atoms with Crippen LogP contribution in [0.3, 0.4) is 0 Å². The second-order valence-corrected chi connectivity index (χ2v) is 5.93. The first kappa shape index (κ1) is 15.7. The maximum atomic E-state index is 13.3. The number of halogens is 2. The number of carbonyl (C=O) groups is 2. The number of amides is 1. The van der Waals surface area contributed by atoms with Gasteiger partial charge in [-0.25, -0.2) is 9.18 Å². The minimum atomic E-state index is -0.526. The van der Waals surface area contributed by atoms with Crippen molar-refractivity contribution in [2.45, 2.75) is 6.92 Å². The zero-order valence-corrected chi connectivity index (χ0v) is 13.6. The third-order valence-corrected chi connectivity index (χ3v) is 4.53. The molecule has 1 aromatic heterocycles. The van der Waals surface area contributed by atoms with Crippen molar-refractivity contribution in [1.82, 2.24) is 0 Å². The Morgan fingerprint density at radius 3 is 2.76 bits per heavy atom. The molecular weight excluding hydrogens is 361 g/mol. The zero-order chi connectivity index (χ0) is 15.6. The number of methoxy groups -OCH3 is 1. The standard InChI is InChI=1S/C14H11BrFNO3S/c1-7-6-21-12(14(19)20-2)11(7)17-13(18)9-5-8(16)3-4-10(9)15/h3-6H,1-2H3,(H,17,18). The predicted molar refractivity (Wildman–Crippen MR) is 82.4 cm³/mol. The predicted octanol–water partition coefficient (Wildman–Crippen LogP) is 4.00. The lowest BCUT2D eigenvalue weighted by atomic mass is 10.2. The van der Waals surface area contributed by atoms with Crippen LogP contribution in [0.15, 0.2) is 28.1 Å². The van der Waals surface area contributed by atoms with Gasteiger partial charge in [0.25, 0.3) is 5.91 Å². The molecule has 1 amide bonds. The quantitative estimate of drug-likeness (QED) is 0.829. The number of anilines is 1. The number of carbonyl (C=O) groups excluding carboxylic acids is 2. The largest absolute Gasteiger partial charge is 0.465 e. The van der Waals surface area contributed by atoms with E-state index in [4.69, 9.17) is 0 Å². The minimum absolute atomic E-state index is 0.149. The lowest BCUT2D eigenvalue weighted by Gasteiger charge is -2.08. The van der Waals surface area contributed by atoms with Crippen LogP contribution >= 0.6 is 27.3 Å². The first-order valence-corrected chi connectivity index (χ1v) is 7.54. The molecule has 0 radical (unpaired) electrons. The van der Waals surface area contributed by atoms with Crippen LogP contribution in [0, 0.1) is 12.7 Å². The van der Waals surface area contributed by atoms with Crippen molar-refractivity contribution < 1.29 is 18.7 Å². The third-order valence-electron chi connectivity index (χ3n) is 2.76. The molecule has 0 bridgehead atoms. The fourth-order valence-electron chi connectivity index (χ4n) is 1.69. The van der Waals surface area contributed by atoms with Crippen LogP contribution in [0.25, 0.3) is 0 Å². The summed E-state index contributed by atoms with van der Waals surface area (Å²) in [5, 5.41) is 4.37. The maximum absolute atomic E-state index is 13.3. The van der Waals surface area contributed by atoms with Gasteiger partial charge in [0.1, 0.15) is 10.7 Å². The zero-order valence-electron chi connectivity index (χ0n) is 11.2. The van der Waals surface area contributed by atoms with E-state index >= 15 is 0 Å². The highest BCUT2D eigenvalue weighted by molar-refractivity contribution is 9.10. The molecule has 0 saturated carbocycles. The fourth-order valence-corrected chi connectivity index (χ4v) is 3.04. The topological polar surface area (TPSA) is 55.4 Å². The average molecular weight is 372 g/mol. The summed E-state index contributed by atoms with van der Waals surface area (Å²) in [5.74, 6) is -1.55. The Kier molecular flexibility index (Phi) is 4.74. The molecule has 1 heterocycles. The Balaban J connectivity index is 2.34. The van der Waals surface area contributed by atoms with Gasteiger partial charge in [-0.15, -0.1) is 11.3 Å². The number of thiophene rings is 1. The maximum Gasteiger partial charge on any atom is 0.350 e. The molecule has 2 aromatic rings. The minimum Gasteiger partial charge on any atom is -0.465 e. The van der Waals surface area contributed by atoms with E-state index in [9.17, 15) is 14.0 Å². The molecule has 0 aliphatic carbocycles. The molecule has 0 aliphatic rings. The van der Waals surface area contributed by atoms with Crippen molar-refractivity contribution in [3.05, 3.63) is 49.9 Å². The van der Waals surface area contributed by atoms with Gasteiger partial charge >= 0.3 is 5.97 Å². The van der Waals surface area contributed by atoms with Crippen LogP contribution in [0.5, 0.6) is 0 Å². The second-order valence-electron chi connectivity index (χ2n) is 4.19. The number of aryl methyl sites for hydroxylation is 1. The molecule has 0 unspecified atom stereocenters. The van der Waals surface area contributed by atoms with E-state index < -0.39 is 17.7 Å². The molecular formula is C14H11BrFNO3S. The van der Waals surface area contributed by atoms with Crippen molar-refractivity contribution in [2.24, 2.45) is 0 Å². The lowest BCUT2D eigenvalue weighted by molar-refractivity contribution is 0.0607. The summed E-state index contributed by atoms with van der Waals surface area (Å²) in [6.45, 7) is 1.76. The summed E-state index contributed by atoms with van der Waals surface area (Å²) >= 11 is 4.38. The van der Waals surface area contributed by atoms with E-state index in [1.807, 2.05) is 0 Å². The van der Waals surface area contributed by atoms with Crippen molar-refractivity contribution in [3.63, 3.8) is 0 Å². The van der Waals surface area contributed by atoms with Crippen molar-refractivity contribution in [1.29, 1.82) is 0 Å². The SMILES string of the molecule is COC(=O)c1scc(C)c1NC(=O)c1cc(F)ccc1Br. The van der Waals surface area contributed by atoms with E-state index in [1.165, 1.54) is 30.6 Å². The van der Waals surface area contributed by atoms with Crippen LogP contribution in [0.1, 0.15) is 25.6 Å². The Labute approximate surface area is 133 Å². The number of rotatable bonds is 3. The molecule has 0 atom stereocenters. The van der Waals surface area contributed by atoms with Crippen molar-refractivity contribution in [3.8, 4) is 0 Å². The van der Waals surface area contributed by atoms with E-state index in [-0.39, 0.29) is 5.56 Å². The number of esters is 1. The van der Waals surface area contributed by atoms with E-state index in [2.05, 4.69) is 26.0 Å². The molecule has 0 aliphatic heterocycles. The second kappa shape index (κ2) is 6.36. The van der Waals surface area contributed by atoms with Gasteiger partial charge in [0, 0.05) is 4.47 Å². The highest BCUT2D eigenvalue weighted by Gasteiger charge is 2.20. The molecule has 0 saturated heterocycles. The average Bonchev–Trinajstić information content (AvgIpc) is 2.82. The summed E-state index contributed by atoms with van der Waals surface area (Å²) in [6.07, 6.45) is 0. The molecule has 2 rings (SSSR count). The van der Waals surface area contributed by atoms with E-state index in [0.717, 1.165) is 11.6 Å². The Morgan fingerprint density at radius 2 is 2.10 bits per heavy atom. The molecule has 0 spiro atoms. The summed E-state index contributed by atoms with van der Waals surface area (Å²) < 4.78 is 18.4. The van der Waals surface area contributed by atoms with Crippen molar-refractivity contribution in [2.75, 3.05) is 12.4 Å². The van der Waals surface area contributed by atoms with E-state index in [0.29, 0.717) is 15.0 Å². The number of nitrogens with one attached hydrogen (secondary N) is 1. The highest BCUT2D eigenvalue weighted by atomic mass is 79.9. The number of hydrogen-bond acceptors (Lipinski definition) is 4. The van der Waals surface area contributed by atoms with Gasteiger partial charge in [0.2, 0.25) is 0 Å². The van der Waals surface area contributed by atoms with Gasteiger partial charge in [0.05, 0.1) is 18.4 Å². The summed E-state index contributed by atoms with van der Waals surface area (Å²) in [6, 6.07) is 3.82. The van der Waals surface area contributed by atoms with Gasteiger partial charge in [-0.05, 0) is 52.0 Å². The van der Waals surface area contributed by atoms with Gasteiger partial charge in [-0.1, -0.05) is 0 Å². The van der Waals surface area contributed by atoms with Gasteiger partial charge < -0.3 is 10.1 Å². The Hall–Kier alpha value is -1.73. The number of benzene rings is 1. The smallest absolute Gasteiger partial charge is 0.350 e. The van der Waals surface area contributed by atoms with Crippen LogP contribution in [0.4, 0.5) is 10.1 Å². The number of hydrogen-bond donors (Lipinski definition) is 1. The first-order valence-electron chi connectivity index (χ1n) is 5.87. The first-order chi connectivity index (χ1) is 9.93. The summed E-state index contributed by atoms with van der Waals surface area (Å²) in [4.78, 5) is 24.2. The van der Waals surface area contributed by atoms with Gasteiger partial charge in [0.15, 0.2) is 0 Å². The highest BCUT2D eigenvalue weighted by Crippen LogP contribution is 2.29. The Bertz CT molecular complexity index is 714. The summed E-state index contributed by atoms with van der Waals surface area (Å²) in [7, 11) is 1.27. The van der Waals surface area contributed by atoms with E-state index in [1.54, 1.807) is 12.3 Å². The monoisotopic (exact) mass is 371 g/mol. The molecule has 21 heavy (non-hydrogen) atoms. The molecule has 0 fully saturated rings. The van der Waals surface area contributed by atoms with Crippen molar-refractivity contribution >= 4 is 44.8 Å². The van der Waals surface area contributed by atoms with Crippen LogP contribution in [-0.2, 0) is 4.74 Å². The lowest BCUT2D eigenvalue weighted by Crippen LogP contribution is -2.15. The molecule has 110 valence electrons.